The van der Waals surface area contributed by atoms with Gasteiger partial charge in [-0.1, -0.05) is 42.6 Å². The van der Waals surface area contributed by atoms with Crippen LogP contribution in [0, 0.1) is 5.92 Å². The van der Waals surface area contributed by atoms with Crippen LogP contribution in [0.3, 0.4) is 0 Å². The Morgan fingerprint density at radius 1 is 1.30 bits per heavy atom. The average molecular weight is 429 g/mol. The second-order valence-electron chi connectivity index (χ2n) is 6.70. The molecule has 3 rings (SSSR count). The predicted octanol–water partition coefficient (Wildman–Crippen LogP) is 3.26. The summed E-state index contributed by atoms with van der Waals surface area (Å²) in [6, 6.07) is 3.00. The van der Waals surface area contributed by atoms with Gasteiger partial charge in [0.15, 0.2) is 15.6 Å². The molecule has 0 unspecified atom stereocenters. The smallest absolute Gasteiger partial charge is 0.209 e. The fourth-order valence-electron chi connectivity index (χ4n) is 3.46. The van der Waals surface area contributed by atoms with E-state index in [0.717, 1.165) is 38.4 Å². The third-order valence-electron chi connectivity index (χ3n) is 4.83. The number of hydrogen-bond acceptors (Lipinski definition) is 7. The number of halogens is 1. The fourth-order valence-corrected chi connectivity index (χ4v) is 5.20. The second-order valence-corrected chi connectivity index (χ2v) is 9.83. The minimum absolute atomic E-state index is 0.0113. The van der Waals surface area contributed by atoms with Gasteiger partial charge >= 0.3 is 0 Å². The number of ketones is 1. The number of Topliss-reactive ketones (excluding diaryl/α,β-unsaturated/α-hetero) is 1. The summed E-state index contributed by atoms with van der Waals surface area (Å²) in [4.78, 5) is 13.1. The Morgan fingerprint density at radius 2 is 2.00 bits per heavy atom. The lowest BCUT2D eigenvalue weighted by molar-refractivity contribution is 0.0889. The van der Waals surface area contributed by atoms with Crippen LogP contribution in [0.2, 0.25) is 5.02 Å². The van der Waals surface area contributed by atoms with Gasteiger partial charge in [0.25, 0.3) is 0 Å². The maximum absolute atomic E-state index is 13.0. The number of benzene rings is 1. The molecule has 1 aliphatic rings. The van der Waals surface area contributed by atoms with Crippen LogP contribution < -0.4 is 0 Å². The monoisotopic (exact) mass is 428 g/mol. The molecule has 1 fully saturated rings. The quantitative estimate of drug-likeness (QED) is 0.514. The number of nitrogens with zero attached hydrogens (tertiary/aromatic N) is 4. The van der Waals surface area contributed by atoms with Crippen molar-refractivity contribution in [3.8, 4) is 0 Å². The summed E-state index contributed by atoms with van der Waals surface area (Å²) in [6.45, 7) is 0.0796. The summed E-state index contributed by atoms with van der Waals surface area (Å²) in [5, 5.41) is 12.1. The lowest BCUT2D eigenvalue weighted by Crippen LogP contribution is -2.19. The molecule has 0 aliphatic heterocycles. The zero-order valence-corrected chi connectivity index (χ0v) is 17.6. The highest BCUT2D eigenvalue weighted by Crippen LogP contribution is 2.34. The molecule has 0 amide bonds. The summed E-state index contributed by atoms with van der Waals surface area (Å²) in [7, 11) is -3.53. The highest BCUT2D eigenvalue weighted by atomic mass is 35.5. The molecule has 0 spiro atoms. The second kappa shape index (κ2) is 8.28. The number of tetrazole rings is 1. The Kier molecular flexibility index (Phi) is 6.22. The zero-order chi connectivity index (χ0) is 19.6. The lowest BCUT2D eigenvalue weighted by atomic mass is 9.83. The largest absolute Gasteiger partial charge is 0.294 e. The Morgan fingerprint density at radius 3 is 2.63 bits per heavy atom. The highest BCUT2D eigenvalue weighted by Gasteiger charge is 2.28. The van der Waals surface area contributed by atoms with E-state index in [4.69, 9.17) is 11.6 Å². The summed E-state index contributed by atoms with van der Waals surface area (Å²) in [5.41, 5.74) is 0.730. The summed E-state index contributed by atoms with van der Waals surface area (Å²) >= 11 is 7.91. The average Bonchev–Trinajstić information content (AvgIpc) is 3.09. The van der Waals surface area contributed by atoms with Crippen LogP contribution in [-0.2, 0) is 16.4 Å². The first-order chi connectivity index (χ1) is 12.8. The number of rotatable bonds is 6. The third kappa shape index (κ3) is 4.35. The molecule has 10 heteroatoms. The van der Waals surface area contributed by atoms with E-state index in [9.17, 15) is 13.2 Å². The van der Waals surface area contributed by atoms with Gasteiger partial charge in [0.1, 0.15) is 0 Å². The van der Waals surface area contributed by atoms with Gasteiger partial charge in [0.2, 0.25) is 5.16 Å². The standard InChI is InChI=1S/C17H21ClN4O3S2/c1-26-17-19-20-21-22(17)10-13-14(27(2,24)25)9-8-12(15(13)18)16(23)11-6-4-3-5-7-11/h8-9,11H,3-7,10H2,1-2H3. The van der Waals surface area contributed by atoms with E-state index in [1.807, 2.05) is 6.26 Å². The van der Waals surface area contributed by atoms with E-state index in [2.05, 4.69) is 15.5 Å². The van der Waals surface area contributed by atoms with Crippen molar-refractivity contribution >= 4 is 39.0 Å². The molecule has 1 heterocycles. The van der Waals surface area contributed by atoms with Gasteiger partial charge in [-0.3, -0.25) is 4.79 Å². The van der Waals surface area contributed by atoms with Gasteiger partial charge in [-0.25, -0.2) is 13.1 Å². The molecule has 0 N–H and O–H groups in total. The van der Waals surface area contributed by atoms with Gasteiger partial charge in [0.05, 0.1) is 16.5 Å². The Bertz CT molecular complexity index is 953. The zero-order valence-electron chi connectivity index (χ0n) is 15.2. The molecule has 0 radical (unpaired) electrons. The van der Waals surface area contributed by atoms with E-state index in [1.165, 1.54) is 28.6 Å². The van der Waals surface area contributed by atoms with Crippen LogP contribution >= 0.6 is 23.4 Å². The van der Waals surface area contributed by atoms with Crippen LogP contribution in [0.15, 0.2) is 22.2 Å². The van der Waals surface area contributed by atoms with E-state index in [0.29, 0.717) is 16.3 Å². The Balaban J connectivity index is 2.06. The molecule has 1 saturated carbocycles. The normalized spacial score (nSPS) is 15.8. The summed E-state index contributed by atoms with van der Waals surface area (Å²) in [5.74, 6) is -0.0641. The fraction of sp³-hybridized carbons (Fsp3) is 0.529. The van der Waals surface area contributed by atoms with Crippen molar-refractivity contribution < 1.29 is 13.2 Å². The number of thioether (sulfide) groups is 1. The van der Waals surface area contributed by atoms with Crippen molar-refractivity contribution in [2.45, 2.75) is 48.7 Å². The van der Waals surface area contributed by atoms with Crippen molar-refractivity contribution in [2.75, 3.05) is 12.5 Å². The molecule has 27 heavy (non-hydrogen) atoms. The van der Waals surface area contributed by atoms with Crippen LogP contribution in [0.5, 0.6) is 0 Å². The lowest BCUT2D eigenvalue weighted by Gasteiger charge is -2.22. The van der Waals surface area contributed by atoms with Crippen molar-refractivity contribution in [2.24, 2.45) is 5.92 Å². The summed E-state index contributed by atoms with van der Waals surface area (Å²) < 4.78 is 26.0. The minimum atomic E-state index is -3.53. The SMILES string of the molecule is CSc1nnnn1Cc1c(S(C)(=O)=O)ccc(C(=O)C2CCCCC2)c1Cl. The van der Waals surface area contributed by atoms with Crippen LogP contribution in [-0.4, -0.2) is 46.9 Å². The highest BCUT2D eigenvalue weighted by molar-refractivity contribution is 7.98. The van der Waals surface area contributed by atoms with Gasteiger partial charge in [0, 0.05) is 23.3 Å². The van der Waals surface area contributed by atoms with Crippen LogP contribution in [0.1, 0.15) is 48.0 Å². The molecule has 2 aromatic rings. The predicted molar refractivity (Wildman–Crippen MR) is 104 cm³/mol. The van der Waals surface area contributed by atoms with Crippen molar-refractivity contribution in [3.63, 3.8) is 0 Å². The van der Waals surface area contributed by atoms with E-state index >= 15 is 0 Å². The first-order valence-electron chi connectivity index (χ1n) is 8.68. The number of aromatic nitrogens is 4. The van der Waals surface area contributed by atoms with Gasteiger partial charge in [-0.15, -0.1) is 5.10 Å². The molecule has 0 saturated heterocycles. The molecule has 1 aromatic carbocycles. The van der Waals surface area contributed by atoms with Crippen molar-refractivity contribution in [1.82, 2.24) is 20.2 Å². The van der Waals surface area contributed by atoms with Gasteiger partial charge in [-0.05, 0) is 41.7 Å². The summed E-state index contributed by atoms with van der Waals surface area (Å²) in [6.07, 6.45) is 7.86. The molecule has 0 bridgehead atoms. The van der Waals surface area contributed by atoms with Crippen molar-refractivity contribution in [3.05, 3.63) is 28.3 Å². The Hall–Kier alpha value is -1.45. The number of carbonyl (C=O) groups is 1. The van der Waals surface area contributed by atoms with Gasteiger partial charge < -0.3 is 0 Å². The first-order valence-corrected chi connectivity index (χ1v) is 12.2. The Labute approximate surface area is 167 Å². The van der Waals surface area contributed by atoms with Crippen LogP contribution in [0.25, 0.3) is 0 Å². The molecule has 1 aliphatic carbocycles. The van der Waals surface area contributed by atoms with E-state index in [-0.39, 0.29) is 28.2 Å². The van der Waals surface area contributed by atoms with Crippen molar-refractivity contribution in [1.29, 1.82) is 0 Å². The molecular weight excluding hydrogens is 408 g/mol. The molecular formula is C17H21ClN4O3S2. The topological polar surface area (TPSA) is 94.8 Å². The van der Waals surface area contributed by atoms with Crippen LogP contribution in [0.4, 0.5) is 0 Å². The number of sulfone groups is 1. The number of hydrogen-bond donors (Lipinski definition) is 0. The molecule has 0 atom stereocenters. The first kappa shape index (κ1) is 20.3. The van der Waals surface area contributed by atoms with Gasteiger partial charge in [-0.2, -0.15) is 0 Å². The minimum Gasteiger partial charge on any atom is -0.294 e. The van der Waals surface area contributed by atoms with E-state index in [1.54, 1.807) is 0 Å². The maximum Gasteiger partial charge on any atom is 0.209 e. The molecule has 7 nitrogen and oxygen atoms in total. The van der Waals surface area contributed by atoms with E-state index < -0.39 is 9.84 Å². The molecule has 146 valence electrons. The third-order valence-corrected chi connectivity index (χ3v) is 7.10. The maximum atomic E-state index is 13.0. The molecule has 1 aromatic heterocycles. The number of carbonyl (C=O) groups excluding carboxylic acids is 1.